The third kappa shape index (κ3) is 4.05. The lowest BCUT2D eigenvalue weighted by Crippen LogP contribution is -2.44. The molecule has 2 aliphatic rings. The SMILES string of the molecule is O=C(N[C@@H](O)c1ccccn1)c1ccc2[nH]nc(-c3ccc(N4C5CCC4CC(O)C5)cc3)c2c1. The van der Waals surface area contributed by atoms with Crippen LogP contribution in [0, 0.1) is 0 Å². The molecule has 4 N–H and O–H groups in total. The molecule has 2 aromatic heterocycles. The van der Waals surface area contributed by atoms with Gasteiger partial charge in [0.2, 0.25) is 0 Å². The summed E-state index contributed by atoms with van der Waals surface area (Å²) >= 11 is 0. The number of nitrogens with one attached hydrogen (secondary N) is 2. The summed E-state index contributed by atoms with van der Waals surface area (Å²) in [5, 5.41) is 31.4. The smallest absolute Gasteiger partial charge is 0.253 e. The standard InChI is InChI=1S/C27H27N5O3/c33-21-14-19-9-10-20(15-21)32(19)18-7-4-16(5-8-18)25-22-13-17(6-11-23(22)30-31-25)26(34)29-27(35)24-3-1-2-12-28-24/h1-8,11-13,19-21,27,33,35H,9-10,14-15H2,(H,29,34)(H,30,31)/t19?,20?,21?,27-/m0/s1. The van der Waals surface area contributed by atoms with E-state index in [0.29, 0.717) is 23.3 Å². The Balaban J connectivity index is 1.24. The Morgan fingerprint density at radius 2 is 1.83 bits per heavy atom. The molecule has 0 saturated carbocycles. The van der Waals surface area contributed by atoms with Crippen LogP contribution in [0.3, 0.4) is 0 Å². The Morgan fingerprint density at radius 3 is 2.54 bits per heavy atom. The van der Waals surface area contributed by atoms with Gasteiger partial charge in [-0.1, -0.05) is 18.2 Å². The van der Waals surface area contributed by atoms with Gasteiger partial charge in [0.05, 0.1) is 23.0 Å². The number of rotatable bonds is 5. The summed E-state index contributed by atoms with van der Waals surface area (Å²) < 4.78 is 0. The topological polar surface area (TPSA) is 114 Å². The van der Waals surface area contributed by atoms with Gasteiger partial charge in [0.25, 0.3) is 5.91 Å². The highest BCUT2D eigenvalue weighted by Gasteiger charge is 2.40. The van der Waals surface area contributed by atoms with Gasteiger partial charge in [-0.2, -0.15) is 5.10 Å². The van der Waals surface area contributed by atoms with Crippen molar-refractivity contribution in [1.82, 2.24) is 20.5 Å². The molecule has 0 spiro atoms. The highest BCUT2D eigenvalue weighted by molar-refractivity contribution is 6.01. The van der Waals surface area contributed by atoms with E-state index in [4.69, 9.17) is 0 Å². The van der Waals surface area contributed by atoms with Gasteiger partial charge in [-0.3, -0.25) is 14.9 Å². The number of aliphatic hydroxyl groups is 2. The number of carbonyl (C=O) groups excluding carboxylic acids is 1. The fourth-order valence-electron chi connectivity index (χ4n) is 5.56. The van der Waals surface area contributed by atoms with Crippen molar-refractivity contribution in [2.24, 2.45) is 0 Å². The normalized spacial score (nSPS) is 22.3. The third-order valence-corrected chi connectivity index (χ3v) is 7.21. The molecule has 0 radical (unpaired) electrons. The van der Waals surface area contributed by atoms with Crippen LogP contribution in [-0.2, 0) is 0 Å². The molecule has 2 aliphatic heterocycles. The highest BCUT2D eigenvalue weighted by atomic mass is 16.3. The molecule has 8 nitrogen and oxygen atoms in total. The van der Waals surface area contributed by atoms with Crippen molar-refractivity contribution in [1.29, 1.82) is 0 Å². The zero-order valence-corrected chi connectivity index (χ0v) is 19.1. The minimum absolute atomic E-state index is 0.185. The van der Waals surface area contributed by atoms with Gasteiger partial charge in [0.15, 0.2) is 6.23 Å². The molecule has 2 fully saturated rings. The Hall–Kier alpha value is -3.75. The van der Waals surface area contributed by atoms with Gasteiger partial charge in [0.1, 0.15) is 0 Å². The van der Waals surface area contributed by atoms with Crippen LogP contribution >= 0.6 is 0 Å². The quantitative estimate of drug-likeness (QED) is 0.333. The van der Waals surface area contributed by atoms with Crippen LogP contribution in [-0.4, -0.2) is 49.5 Å². The number of aliphatic hydroxyl groups excluding tert-OH is 2. The molecule has 4 aromatic rings. The number of aromatic amines is 1. The van der Waals surface area contributed by atoms with E-state index in [0.717, 1.165) is 47.8 Å². The van der Waals surface area contributed by atoms with Crippen LogP contribution in [0.25, 0.3) is 22.2 Å². The molecule has 35 heavy (non-hydrogen) atoms. The number of aromatic nitrogens is 3. The van der Waals surface area contributed by atoms with E-state index in [1.54, 1.807) is 36.5 Å². The first-order chi connectivity index (χ1) is 17.1. The highest BCUT2D eigenvalue weighted by Crippen LogP contribution is 2.40. The number of pyridine rings is 1. The van der Waals surface area contributed by atoms with Gasteiger partial charge in [0, 0.05) is 40.5 Å². The molecule has 8 heteroatoms. The number of carbonyl (C=O) groups is 1. The predicted molar refractivity (Wildman–Crippen MR) is 133 cm³/mol. The zero-order valence-electron chi connectivity index (χ0n) is 19.1. The lowest BCUT2D eigenvalue weighted by molar-refractivity contribution is 0.0774. The van der Waals surface area contributed by atoms with Crippen LogP contribution < -0.4 is 10.2 Å². The first-order valence-electron chi connectivity index (χ1n) is 12.0. The van der Waals surface area contributed by atoms with Gasteiger partial charge >= 0.3 is 0 Å². The molecule has 178 valence electrons. The summed E-state index contributed by atoms with van der Waals surface area (Å²) in [6, 6.07) is 19.7. The third-order valence-electron chi connectivity index (χ3n) is 7.21. The number of piperidine rings is 1. The van der Waals surface area contributed by atoms with E-state index in [9.17, 15) is 15.0 Å². The van der Waals surface area contributed by atoms with E-state index < -0.39 is 12.1 Å². The summed E-state index contributed by atoms with van der Waals surface area (Å²) in [5.74, 6) is -0.393. The summed E-state index contributed by atoms with van der Waals surface area (Å²) in [4.78, 5) is 19.3. The summed E-state index contributed by atoms with van der Waals surface area (Å²) in [5.41, 5.74) is 4.53. The second-order valence-electron chi connectivity index (χ2n) is 9.43. The molecule has 0 aliphatic carbocycles. The Labute approximate surface area is 202 Å². The van der Waals surface area contributed by atoms with Crippen molar-refractivity contribution < 1.29 is 15.0 Å². The van der Waals surface area contributed by atoms with E-state index in [1.165, 1.54) is 5.69 Å². The van der Waals surface area contributed by atoms with E-state index >= 15 is 0 Å². The average molecular weight is 470 g/mol. The molecule has 6 rings (SSSR count). The maximum Gasteiger partial charge on any atom is 0.253 e. The van der Waals surface area contributed by atoms with Crippen molar-refractivity contribution in [2.45, 2.75) is 50.1 Å². The minimum atomic E-state index is -1.19. The van der Waals surface area contributed by atoms with Crippen LogP contribution in [0.2, 0.25) is 0 Å². The second kappa shape index (κ2) is 8.79. The Morgan fingerprint density at radius 1 is 1.06 bits per heavy atom. The van der Waals surface area contributed by atoms with E-state index in [-0.39, 0.29) is 6.10 Å². The molecule has 2 bridgehead atoms. The molecule has 2 aromatic carbocycles. The number of amides is 1. The Kier molecular flexibility index (Phi) is 5.47. The van der Waals surface area contributed by atoms with Crippen LogP contribution in [0.5, 0.6) is 0 Å². The van der Waals surface area contributed by atoms with E-state index in [1.807, 2.05) is 6.07 Å². The molecule has 4 heterocycles. The number of H-pyrrole nitrogens is 1. The van der Waals surface area contributed by atoms with Gasteiger partial charge < -0.3 is 20.4 Å². The van der Waals surface area contributed by atoms with E-state index in [2.05, 4.69) is 49.7 Å². The summed E-state index contributed by atoms with van der Waals surface area (Å²) in [6.45, 7) is 0. The second-order valence-corrected chi connectivity index (χ2v) is 9.43. The summed E-state index contributed by atoms with van der Waals surface area (Å²) in [6.07, 6.45) is 4.13. The zero-order chi connectivity index (χ0) is 23.9. The number of fused-ring (bicyclic) bond motifs is 3. The van der Waals surface area contributed by atoms with Crippen LogP contribution in [0.4, 0.5) is 5.69 Å². The van der Waals surface area contributed by atoms with Crippen molar-refractivity contribution in [2.75, 3.05) is 4.90 Å². The van der Waals surface area contributed by atoms with Crippen LogP contribution in [0.15, 0.2) is 66.9 Å². The average Bonchev–Trinajstić information content (AvgIpc) is 3.42. The maximum absolute atomic E-state index is 12.8. The monoisotopic (exact) mass is 469 g/mol. The largest absolute Gasteiger partial charge is 0.393 e. The first-order valence-corrected chi connectivity index (χ1v) is 12.0. The number of benzene rings is 2. The summed E-state index contributed by atoms with van der Waals surface area (Å²) in [7, 11) is 0. The van der Waals surface area contributed by atoms with Gasteiger partial charge in [-0.15, -0.1) is 0 Å². The molecule has 2 unspecified atom stereocenters. The molecule has 1 amide bonds. The lowest BCUT2D eigenvalue weighted by Gasteiger charge is -2.39. The van der Waals surface area contributed by atoms with Crippen molar-refractivity contribution in [3.05, 3.63) is 78.1 Å². The van der Waals surface area contributed by atoms with Gasteiger partial charge in [-0.05, 0) is 68.1 Å². The molecular weight excluding hydrogens is 442 g/mol. The fraction of sp³-hybridized carbons (Fsp3) is 0.296. The van der Waals surface area contributed by atoms with Crippen molar-refractivity contribution in [3.8, 4) is 11.3 Å². The number of anilines is 1. The number of hydrogen-bond donors (Lipinski definition) is 4. The minimum Gasteiger partial charge on any atom is -0.393 e. The first kappa shape index (κ1) is 21.8. The molecule has 2 saturated heterocycles. The number of nitrogens with zero attached hydrogens (tertiary/aromatic N) is 3. The lowest BCUT2D eigenvalue weighted by atomic mass is 9.98. The van der Waals surface area contributed by atoms with Crippen LogP contribution in [0.1, 0.15) is 48.0 Å². The van der Waals surface area contributed by atoms with Gasteiger partial charge in [-0.25, -0.2) is 0 Å². The van der Waals surface area contributed by atoms with Crippen molar-refractivity contribution >= 4 is 22.5 Å². The maximum atomic E-state index is 12.8. The number of hydrogen-bond acceptors (Lipinski definition) is 6. The van der Waals surface area contributed by atoms with Crippen molar-refractivity contribution in [3.63, 3.8) is 0 Å². The molecular formula is C27H27N5O3. The molecule has 3 atom stereocenters. The Bertz CT molecular complexity index is 1340. The predicted octanol–water partition coefficient (Wildman–Crippen LogP) is 3.54. The fourth-order valence-corrected chi connectivity index (χ4v) is 5.56.